The van der Waals surface area contributed by atoms with E-state index in [1.807, 2.05) is 0 Å². The third-order valence-electron chi connectivity index (χ3n) is 6.24. The van der Waals surface area contributed by atoms with Crippen LogP contribution in [0.15, 0.2) is 41.2 Å². The summed E-state index contributed by atoms with van der Waals surface area (Å²) in [6, 6.07) is 6.14. The van der Waals surface area contributed by atoms with Gasteiger partial charge in [0.2, 0.25) is 5.91 Å². The minimum atomic E-state index is -5.09. The van der Waals surface area contributed by atoms with Crippen LogP contribution in [0.4, 0.5) is 28.0 Å². The van der Waals surface area contributed by atoms with Gasteiger partial charge in [0.05, 0.1) is 36.3 Å². The summed E-state index contributed by atoms with van der Waals surface area (Å²) in [4.78, 5) is 53.0. The molecule has 0 saturated carbocycles. The highest BCUT2D eigenvalue weighted by Gasteiger charge is 2.45. The number of hydrogen-bond acceptors (Lipinski definition) is 5. The molecule has 1 aromatic heterocycles. The molecular weight excluding hydrogens is 500 g/mol. The molecule has 0 spiro atoms. The number of aromatic nitrogens is 2. The standard InChI is InChI=1S/C24H22F4N4O5/c1-4-37-21(34)15-12-31(14-8-9-17-18(10-14)30(3)22(35)29(17)2)23(36)32(20(15)33)11-13-6-5-7-16(25)19(13)24(26,27)28/h5-10,15H,4,11-12H2,1-3H3. The normalized spacial score (nSPS) is 16.6. The lowest BCUT2D eigenvalue weighted by molar-refractivity contribution is -0.155. The van der Waals surface area contributed by atoms with E-state index in [-0.39, 0.29) is 18.0 Å². The fraction of sp³-hybridized carbons (Fsp3) is 0.333. The minimum absolute atomic E-state index is 0.0727. The Labute approximate surface area is 207 Å². The number of imidazole rings is 1. The Hall–Kier alpha value is -4.16. The number of urea groups is 1. The average Bonchev–Trinajstić information content (AvgIpc) is 3.04. The highest BCUT2D eigenvalue weighted by molar-refractivity contribution is 6.12. The maximum Gasteiger partial charge on any atom is 0.419 e. The largest absolute Gasteiger partial charge is 0.465 e. The van der Waals surface area contributed by atoms with Gasteiger partial charge in [-0.3, -0.25) is 28.5 Å². The smallest absolute Gasteiger partial charge is 0.419 e. The van der Waals surface area contributed by atoms with Crippen molar-refractivity contribution in [2.24, 2.45) is 20.0 Å². The minimum Gasteiger partial charge on any atom is -0.465 e. The summed E-state index contributed by atoms with van der Waals surface area (Å²) in [5, 5.41) is 0. The SMILES string of the molecule is CCOC(=O)C1CN(c2ccc3c(c2)n(C)c(=O)n3C)C(=O)N(Cc2cccc(F)c2C(F)(F)F)C1=O. The number of rotatable bonds is 5. The number of aryl methyl sites for hydroxylation is 2. The van der Waals surface area contributed by atoms with Crippen LogP contribution >= 0.6 is 0 Å². The number of nitrogens with zero attached hydrogens (tertiary/aromatic N) is 4. The number of halogens is 4. The van der Waals surface area contributed by atoms with Crippen LogP contribution in [-0.2, 0) is 41.1 Å². The van der Waals surface area contributed by atoms with E-state index in [1.165, 1.54) is 35.2 Å². The molecule has 1 saturated heterocycles. The van der Waals surface area contributed by atoms with Crippen molar-refractivity contribution in [1.29, 1.82) is 0 Å². The lowest BCUT2D eigenvalue weighted by atomic mass is 10.0. The van der Waals surface area contributed by atoms with Crippen molar-refractivity contribution in [2.75, 3.05) is 18.1 Å². The van der Waals surface area contributed by atoms with Gasteiger partial charge in [0, 0.05) is 19.8 Å². The summed E-state index contributed by atoms with van der Waals surface area (Å²) in [6.07, 6.45) is -5.09. The number of carbonyl (C=O) groups is 3. The van der Waals surface area contributed by atoms with Crippen LogP contribution in [0.3, 0.4) is 0 Å². The highest BCUT2D eigenvalue weighted by Crippen LogP contribution is 2.36. The number of amides is 3. The number of esters is 1. The molecule has 1 aliphatic heterocycles. The summed E-state index contributed by atoms with van der Waals surface area (Å²) < 4.78 is 62.6. The van der Waals surface area contributed by atoms with Crippen LogP contribution in [0, 0.1) is 11.7 Å². The van der Waals surface area contributed by atoms with Crippen LogP contribution in [0.25, 0.3) is 11.0 Å². The van der Waals surface area contributed by atoms with Crippen molar-refractivity contribution in [3.63, 3.8) is 0 Å². The van der Waals surface area contributed by atoms with Crippen molar-refractivity contribution < 1.29 is 36.7 Å². The van der Waals surface area contributed by atoms with Crippen LogP contribution in [0.2, 0.25) is 0 Å². The molecular formula is C24H22F4N4O5. The molecule has 0 N–H and O–H groups in total. The van der Waals surface area contributed by atoms with E-state index in [0.717, 1.165) is 17.0 Å². The van der Waals surface area contributed by atoms with Gasteiger partial charge in [-0.15, -0.1) is 0 Å². The first-order valence-electron chi connectivity index (χ1n) is 11.2. The molecule has 3 aromatic rings. The van der Waals surface area contributed by atoms with Crippen molar-refractivity contribution in [3.8, 4) is 0 Å². The third kappa shape index (κ3) is 4.45. The van der Waals surface area contributed by atoms with E-state index < -0.39 is 60.0 Å². The van der Waals surface area contributed by atoms with Gasteiger partial charge in [0.25, 0.3) is 0 Å². The van der Waals surface area contributed by atoms with Gasteiger partial charge in [-0.1, -0.05) is 12.1 Å². The molecule has 196 valence electrons. The van der Waals surface area contributed by atoms with E-state index >= 15 is 0 Å². The predicted octanol–water partition coefficient (Wildman–Crippen LogP) is 3.18. The molecule has 1 aliphatic rings. The molecule has 2 heterocycles. The topological polar surface area (TPSA) is 93.8 Å². The van der Waals surface area contributed by atoms with Gasteiger partial charge < -0.3 is 4.74 Å². The fourth-order valence-electron chi connectivity index (χ4n) is 4.40. The number of fused-ring (bicyclic) bond motifs is 1. The Balaban J connectivity index is 1.81. The summed E-state index contributed by atoms with van der Waals surface area (Å²) >= 11 is 0. The number of anilines is 1. The summed E-state index contributed by atoms with van der Waals surface area (Å²) in [6.45, 7) is 0.0756. The van der Waals surface area contributed by atoms with Crippen molar-refractivity contribution in [1.82, 2.24) is 14.0 Å². The zero-order chi connectivity index (χ0) is 27.2. The Morgan fingerprint density at radius 3 is 2.38 bits per heavy atom. The van der Waals surface area contributed by atoms with Gasteiger partial charge >= 0.3 is 23.9 Å². The van der Waals surface area contributed by atoms with E-state index in [9.17, 15) is 36.7 Å². The number of ether oxygens (including phenoxy) is 1. The molecule has 37 heavy (non-hydrogen) atoms. The van der Waals surface area contributed by atoms with Gasteiger partial charge in [-0.05, 0) is 36.8 Å². The number of alkyl halides is 3. The zero-order valence-corrected chi connectivity index (χ0v) is 20.0. The molecule has 13 heteroatoms. The predicted molar refractivity (Wildman–Crippen MR) is 123 cm³/mol. The molecule has 0 radical (unpaired) electrons. The van der Waals surface area contributed by atoms with Gasteiger partial charge in [0.1, 0.15) is 5.82 Å². The second-order valence-electron chi connectivity index (χ2n) is 8.47. The Morgan fingerprint density at radius 2 is 1.73 bits per heavy atom. The van der Waals surface area contributed by atoms with E-state index in [1.54, 1.807) is 13.1 Å². The average molecular weight is 522 g/mol. The molecule has 0 aliphatic carbocycles. The monoisotopic (exact) mass is 522 g/mol. The molecule has 0 bridgehead atoms. The second kappa shape index (κ2) is 9.37. The van der Waals surface area contributed by atoms with Crippen molar-refractivity contribution in [2.45, 2.75) is 19.6 Å². The number of carbonyl (C=O) groups excluding carboxylic acids is 3. The van der Waals surface area contributed by atoms with Gasteiger partial charge in [-0.25, -0.2) is 14.0 Å². The van der Waals surface area contributed by atoms with Crippen molar-refractivity contribution in [3.05, 3.63) is 63.8 Å². The van der Waals surface area contributed by atoms with Crippen LogP contribution in [0.5, 0.6) is 0 Å². The summed E-state index contributed by atoms with van der Waals surface area (Å²) in [5.74, 6) is -5.12. The van der Waals surface area contributed by atoms with E-state index in [4.69, 9.17) is 4.74 Å². The second-order valence-corrected chi connectivity index (χ2v) is 8.47. The third-order valence-corrected chi connectivity index (χ3v) is 6.24. The Morgan fingerprint density at radius 1 is 1.05 bits per heavy atom. The molecule has 9 nitrogen and oxygen atoms in total. The first-order valence-corrected chi connectivity index (χ1v) is 11.2. The van der Waals surface area contributed by atoms with Crippen LogP contribution < -0.4 is 10.6 Å². The molecule has 2 aromatic carbocycles. The first kappa shape index (κ1) is 25.9. The molecule has 1 fully saturated rings. The lowest BCUT2D eigenvalue weighted by Crippen LogP contribution is -2.58. The molecule has 3 amide bonds. The van der Waals surface area contributed by atoms with Crippen molar-refractivity contribution >= 4 is 34.6 Å². The fourth-order valence-corrected chi connectivity index (χ4v) is 4.40. The maximum absolute atomic E-state index is 14.1. The zero-order valence-electron chi connectivity index (χ0n) is 20.0. The lowest BCUT2D eigenvalue weighted by Gasteiger charge is -2.38. The quantitative estimate of drug-likeness (QED) is 0.292. The van der Waals surface area contributed by atoms with Gasteiger partial charge in [0.15, 0.2) is 5.92 Å². The van der Waals surface area contributed by atoms with Crippen LogP contribution in [-0.4, -0.2) is 45.1 Å². The Bertz CT molecular complexity index is 1480. The molecule has 1 atom stereocenters. The number of imide groups is 1. The number of benzene rings is 2. The maximum atomic E-state index is 14.1. The highest BCUT2D eigenvalue weighted by atomic mass is 19.4. The van der Waals surface area contributed by atoms with Crippen LogP contribution in [0.1, 0.15) is 18.1 Å². The number of hydrogen-bond donors (Lipinski definition) is 0. The molecule has 4 rings (SSSR count). The summed E-state index contributed by atoms with van der Waals surface area (Å²) in [7, 11) is 3.08. The van der Waals surface area contributed by atoms with E-state index in [2.05, 4.69) is 0 Å². The Kier molecular flexibility index (Phi) is 6.57. The van der Waals surface area contributed by atoms with E-state index in [0.29, 0.717) is 22.0 Å². The first-order chi connectivity index (χ1) is 17.4. The summed E-state index contributed by atoms with van der Waals surface area (Å²) in [5.41, 5.74) is -1.41. The molecule has 1 unspecified atom stereocenters. The van der Waals surface area contributed by atoms with Gasteiger partial charge in [-0.2, -0.15) is 13.2 Å².